The molecule has 1 rings (SSSR count). The highest BCUT2D eigenvalue weighted by Gasteiger charge is 2.28. The minimum atomic E-state index is -0.518. The van der Waals surface area contributed by atoms with Gasteiger partial charge in [-0.25, -0.2) is 0 Å². The van der Waals surface area contributed by atoms with Gasteiger partial charge in [0, 0.05) is 25.0 Å². The number of esters is 1. The van der Waals surface area contributed by atoms with Crippen molar-refractivity contribution < 1.29 is 9.53 Å². The summed E-state index contributed by atoms with van der Waals surface area (Å²) in [5, 5.41) is 3.33. The topological polar surface area (TPSA) is 51.2 Å². The molecule has 0 amide bonds. The number of hydrogen-bond donors (Lipinski definition) is 1. The number of hydrogen-bond acceptors (Lipinski definition) is 4. The van der Waals surface area contributed by atoms with E-state index in [2.05, 4.69) is 17.2 Å². The van der Waals surface area contributed by atoms with Gasteiger partial charge in [0.15, 0.2) is 0 Å². The molecule has 0 aliphatic rings. The average Bonchev–Trinajstić information content (AvgIpc) is 2.36. The Labute approximate surface area is 102 Å². The second kappa shape index (κ2) is 5.77. The van der Waals surface area contributed by atoms with Crippen molar-refractivity contribution in [3.8, 4) is 0 Å². The first-order valence-electron chi connectivity index (χ1n) is 5.69. The maximum atomic E-state index is 11.5. The molecule has 0 fully saturated rings. The third-order valence-electron chi connectivity index (χ3n) is 2.79. The first-order chi connectivity index (χ1) is 7.97. The van der Waals surface area contributed by atoms with Crippen molar-refractivity contribution in [2.75, 3.05) is 13.7 Å². The first kappa shape index (κ1) is 13.6. The van der Waals surface area contributed by atoms with E-state index in [0.717, 1.165) is 5.56 Å². The number of pyridine rings is 1. The summed E-state index contributed by atoms with van der Waals surface area (Å²) in [7, 11) is 1.41. The van der Waals surface area contributed by atoms with E-state index in [1.165, 1.54) is 7.11 Å². The average molecular weight is 236 g/mol. The molecule has 1 aromatic rings. The van der Waals surface area contributed by atoms with E-state index < -0.39 is 5.41 Å². The SMILES string of the molecule is COC(=O)C(C)(C)CN[C@H](C)c1ccncc1. The predicted molar refractivity (Wildman–Crippen MR) is 66.5 cm³/mol. The predicted octanol–water partition coefficient (Wildman–Crippen LogP) is 1.93. The van der Waals surface area contributed by atoms with Crippen molar-refractivity contribution in [3.63, 3.8) is 0 Å². The van der Waals surface area contributed by atoms with Gasteiger partial charge in [-0.3, -0.25) is 9.78 Å². The normalized spacial score (nSPS) is 13.2. The van der Waals surface area contributed by atoms with Crippen LogP contribution < -0.4 is 5.32 Å². The fraction of sp³-hybridized carbons (Fsp3) is 0.538. The summed E-state index contributed by atoms with van der Waals surface area (Å²) < 4.78 is 4.76. The molecule has 0 radical (unpaired) electrons. The van der Waals surface area contributed by atoms with Crippen LogP contribution in [0.4, 0.5) is 0 Å². The lowest BCUT2D eigenvalue weighted by molar-refractivity contribution is -0.150. The van der Waals surface area contributed by atoms with Gasteiger partial charge in [-0.1, -0.05) is 0 Å². The summed E-state index contributed by atoms with van der Waals surface area (Å²) in [4.78, 5) is 15.5. The monoisotopic (exact) mass is 236 g/mol. The molecule has 0 aliphatic carbocycles. The van der Waals surface area contributed by atoms with Crippen LogP contribution >= 0.6 is 0 Å². The van der Waals surface area contributed by atoms with E-state index >= 15 is 0 Å². The minimum absolute atomic E-state index is 0.182. The van der Waals surface area contributed by atoms with Gasteiger partial charge in [-0.15, -0.1) is 0 Å². The van der Waals surface area contributed by atoms with Gasteiger partial charge in [0.1, 0.15) is 0 Å². The van der Waals surface area contributed by atoms with Crippen molar-refractivity contribution >= 4 is 5.97 Å². The molecular formula is C13H20N2O2. The Balaban J connectivity index is 2.54. The van der Waals surface area contributed by atoms with Crippen LogP contribution in [-0.4, -0.2) is 24.6 Å². The molecule has 0 saturated heterocycles. The lowest BCUT2D eigenvalue weighted by Gasteiger charge is -2.24. The number of nitrogens with one attached hydrogen (secondary N) is 1. The molecule has 4 heteroatoms. The smallest absolute Gasteiger partial charge is 0.312 e. The van der Waals surface area contributed by atoms with E-state index in [9.17, 15) is 4.79 Å². The van der Waals surface area contributed by atoms with E-state index in [1.54, 1.807) is 12.4 Å². The second-order valence-corrected chi connectivity index (χ2v) is 4.76. The van der Waals surface area contributed by atoms with Gasteiger partial charge in [-0.2, -0.15) is 0 Å². The summed E-state index contributed by atoms with van der Waals surface area (Å²) in [6, 6.07) is 4.10. The molecule has 0 saturated carbocycles. The van der Waals surface area contributed by atoms with Gasteiger partial charge >= 0.3 is 5.97 Å². The minimum Gasteiger partial charge on any atom is -0.469 e. The van der Waals surface area contributed by atoms with E-state index in [4.69, 9.17) is 4.74 Å². The fourth-order valence-corrected chi connectivity index (χ4v) is 1.53. The van der Waals surface area contributed by atoms with Gasteiger partial charge in [-0.05, 0) is 38.5 Å². The zero-order chi connectivity index (χ0) is 12.9. The number of carbonyl (C=O) groups is 1. The molecule has 4 nitrogen and oxygen atoms in total. The van der Waals surface area contributed by atoms with Crippen LogP contribution in [0.15, 0.2) is 24.5 Å². The van der Waals surface area contributed by atoms with Gasteiger partial charge in [0.2, 0.25) is 0 Å². The Morgan fingerprint density at radius 3 is 2.59 bits per heavy atom. The number of rotatable bonds is 5. The van der Waals surface area contributed by atoms with E-state index in [-0.39, 0.29) is 12.0 Å². The Hall–Kier alpha value is -1.42. The summed E-state index contributed by atoms with van der Waals surface area (Å²) in [5.41, 5.74) is 0.636. The van der Waals surface area contributed by atoms with Crippen molar-refractivity contribution in [2.24, 2.45) is 5.41 Å². The molecule has 0 aromatic carbocycles. The van der Waals surface area contributed by atoms with Crippen LogP contribution in [0.25, 0.3) is 0 Å². The number of methoxy groups -OCH3 is 1. The molecule has 1 heterocycles. The number of nitrogens with zero attached hydrogens (tertiary/aromatic N) is 1. The highest BCUT2D eigenvalue weighted by molar-refractivity contribution is 5.76. The van der Waals surface area contributed by atoms with Crippen LogP contribution in [-0.2, 0) is 9.53 Å². The van der Waals surface area contributed by atoms with Gasteiger partial charge < -0.3 is 10.1 Å². The van der Waals surface area contributed by atoms with E-state index in [1.807, 2.05) is 26.0 Å². The number of aromatic nitrogens is 1. The van der Waals surface area contributed by atoms with Crippen LogP contribution in [0.5, 0.6) is 0 Å². The zero-order valence-corrected chi connectivity index (χ0v) is 10.9. The Morgan fingerprint density at radius 1 is 1.47 bits per heavy atom. The molecule has 1 N–H and O–H groups in total. The van der Waals surface area contributed by atoms with Crippen molar-refractivity contribution in [1.82, 2.24) is 10.3 Å². The summed E-state index contributed by atoms with van der Waals surface area (Å²) in [6.45, 7) is 6.36. The highest BCUT2D eigenvalue weighted by atomic mass is 16.5. The molecule has 0 bridgehead atoms. The highest BCUT2D eigenvalue weighted by Crippen LogP contribution is 2.18. The van der Waals surface area contributed by atoms with Crippen LogP contribution in [0, 0.1) is 5.41 Å². The summed E-state index contributed by atoms with van der Waals surface area (Å²) in [5.74, 6) is -0.202. The second-order valence-electron chi connectivity index (χ2n) is 4.76. The lowest BCUT2D eigenvalue weighted by Crippen LogP contribution is -2.37. The van der Waals surface area contributed by atoms with Gasteiger partial charge in [0.25, 0.3) is 0 Å². The largest absolute Gasteiger partial charge is 0.469 e. The Kier molecular flexibility index (Phi) is 4.63. The van der Waals surface area contributed by atoms with Gasteiger partial charge in [0.05, 0.1) is 12.5 Å². The van der Waals surface area contributed by atoms with Crippen LogP contribution in [0.1, 0.15) is 32.4 Å². The number of ether oxygens (including phenoxy) is 1. The maximum absolute atomic E-state index is 11.5. The van der Waals surface area contributed by atoms with Crippen molar-refractivity contribution in [1.29, 1.82) is 0 Å². The molecule has 0 aliphatic heterocycles. The molecule has 1 aromatic heterocycles. The van der Waals surface area contributed by atoms with Crippen LogP contribution in [0.3, 0.4) is 0 Å². The van der Waals surface area contributed by atoms with Crippen LogP contribution in [0.2, 0.25) is 0 Å². The molecular weight excluding hydrogens is 216 g/mol. The Bertz CT molecular complexity index is 363. The summed E-state index contributed by atoms with van der Waals surface area (Å²) in [6.07, 6.45) is 3.53. The maximum Gasteiger partial charge on any atom is 0.312 e. The molecule has 0 spiro atoms. The van der Waals surface area contributed by atoms with E-state index in [0.29, 0.717) is 6.54 Å². The fourth-order valence-electron chi connectivity index (χ4n) is 1.53. The Morgan fingerprint density at radius 2 is 2.06 bits per heavy atom. The zero-order valence-electron chi connectivity index (χ0n) is 10.9. The number of carbonyl (C=O) groups excluding carboxylic acids is 1. The van der Waals surface area contributed by atoms with Crippen molar-refractivity contribution in [3.05, 3.63) is 30.1 Å². The quantitative estimate of drug-likeness (QED) is 0.794. The summed E-state index contributed by atoms with van der Waals surface area (Å²) >= 11 is 0. The van der Waals surface area contributed by atoms with Crippen molar-refractivity contribution in [2.45, 2.75) is 26.8 Å². The lowest BCUT2D eigenvalue weighted by atomic mass is 9.93. The third-order valence-corrected chi connectivity index (χ3v) is 2.79. The molecule has 94 valence electrons. The molecule has 0 unspecified atom stereocenters. The molecule has 1 atom stereocenters. The standard InChI is InChI=1S/C13H20N2O2/c1-10(11-5-7-14-8-6-11)15-9-13(2,3)12(16)17-4/h5-8,10,15H,9H2,1-4H3/t10-/m1/s1. The first-order valence-corrected chi connectivity index (χ1v) is 5.69. The third kappa shape index (κ3) is 3.82. The molecule has 17 heavy (non-hydrogen) atoms.